The Kier molecular flexibility index (Phi) is 3.85. The van der Waals surface area contributed by atoms with Gasteiger partial charge in [-0.1, -0.05) is 15.9 Å². The fourth-order valence-electron chi connectivity index (χ4n) is 2.24. The highest BCUT2D eigenvalue weighted by Crippen LogP contribution is 2.32. The molecule has 0 bridgehead atoms. The van der Waals surface area contributed by atoms with E-state index in [9.17, 15) is 4.79 Å². The van der Waals surface area contributed by atoms with E-state index in [4.69, 9.17) is 9.84 Å². The second kappa shape index (κ2) is 5.81. The number of fused-ring (bicyclic) bond motifs is 1. The first kappa shape index (κ1) is 14.6. The van der Waals surface area contributed by atoms with Crippen molar-refractivity contribution in [2.75, 3.05) is 6.61 Å². The van der Waals surface area contributed by atoms with Crippen molar-refractivity contribution in [3.63, 3.8) is 0 Å². The number of aromatic amines is 1. The summed E-state index contributed by atoms with van der Waals surface area (Å²) in [5.74, 6) is 0.404. The van der Waals surface area contributed by atoms with Crippen LogP contribution in [0.2, 0.25) is 0 Å². The molecule has 0 aliphatic carbocycles. The molecular weight excluding hydrogens is 348 g/mol. The molecule has 0 saturated heterocycles. The number of carboxylic acid groups (broad SMARTS) is 1. The van der Waals surface area contributed by atoms with Crippen LogP contribution in [0.1, 0.15) is 17.3 Å². The lowest BCUT2D eigenvalue weighted by atomic mass is 10.2. The molecule has 0 aliphatic rings. The normalized spacial score (nSPS) is 10.8. The number of aromatic nitrogens is 2. The molecule has 112 valence electrons. The Labute approximate surface area is 135 Å². The van der Waals surface area contributed by atoms with Crippen LogP contribution in [0.5, 0.6) is 5.75 Å². The van der Waals surface area contributed by atoms with Gasteiger partial charge in [0.15, 0.2) is 0 Å². The number of imidazole rings is 1. The predicted molar refractivity (Wildman–Crippen MR) is 87.4 cm³/mol. The third-order valence-electron chi connectivity index (χ3n) is 3.23. The average molecular weight is 361 g/mol. The van der Waals surface area contributed by atoms with Crippen molar-refractivity contribution in [3.8, 4) is 17.1 Å². The standard InChI is InChI=1S/C16H13BrN2O3/c1-2-22-14-6-4-10(17)8-11(14)15-18-12-5-3-9(16(20)21)7-13(12)19-15/h3-8H,2H2,1H3,(H,18,19)(H,20,21). The van der Waals surface area contributed by atoms with Crippen LogP contribution < -0.4 is 4.74 Å². The maximum absolute atomic E-state index is 11.0. The van der Waals surface area contributed by atoms with Gasteiger partial charge in [-0.15, -0.1) is 0 Å². The summed E-state index contributed by atoms with van der Waals surface area (Å²) in [6.07, 6.45) is 0. The van der Waals surface area contributed by atoms with Crippen molar-refractivity contribution in [3.05, 3.63) is 46.4 Å². The number of aromatic carboxylic acids is 1. The van der Waals surface area contributed by atoms with Crippen molar-refractivity contribution >= 4 is 32.9 Å². The van der Waals surface area contributed by atoms with Gasteiger partial charge in [-0.2, -0.15) is 0 Å². The van der Waals surface area contributed by atoms with Crippen LogP contribution in [-0.2, 0) is 0 Å². The maximum atomic E-state index is 11.0. The summed E-state index contributed by atoms with van der Waals surface area (Å²) in [7, 11) is 0. The van der Waals surface area contributed by atoms with Crippen molar-refractivity contribution in [1.82, 2.24) is 9.97 Å². The molecule has 2 aromatic carbocycles. The van der Waals surface area contributed by atoms with Gasteiger partial charge in [0, 0.05) is 4.47 Å². The number of ether oxygens (including phenoxy) is 1. The molecule has 3 rings (SSSR count). The number of H-pyrrole nitrogens is 1. The van der Waals surface area contributed by atoms with Gasteiger partial charge >= 0.3 is 5.97 Å². The summed E-state index contributed by atoms with van der Waals surface area (Å²) >= 11 is 3.44. The van der Waals surface area contributed by atoms with Gasteiger partial charge in [0.05, 0.1) is 28.8 Å². The van der Waals surface area contributed by atoms with E-state index in [0.29, 0.717) is 23.5 Å². The molecule has 0 saturated carbocycles. The van der Waals surface area contributed by atoms with Crippen molar-refractivity contribution in [1.29, 1.82) is 0 Å². The van der Waals surface area contributed by atoms with Crippen molar-refractivity contribution in [2.45, 2.75) is 6.92 Å². The molecule has 5 nitrogen and oxygen atoms in total. The second-order valence-electron chi connectivity index (χ2n) is 4.70. The molecule has 1 heterocycles. The first-order valence-electron chi connectivity index (χ1n) is 6.74. The molecule has 1 aromatic heterocycles. The van der Waals surface area contributed by atoms with Gasteiger partial charge < -0.3 is 14.8 Å². The van der Waals surface area contributed by atoms with Crippen LogP contribution in [0, 0.1) is 0 Å². The van der Waals surface area contributed by atoms with E-state index in [1.165, 1.54) is 0 Å². The number of rotatable bonds is 4. The van der Waals surface area contributed by atoms with Gasteiger partial charge in [-0.3, -0.25) is 0 Å². The maximum Gasteiger partial charge on any atom is 0.335 e. The Hall–Kier alpha value is -2.34. The van der Waals surface area contributed by atoms with Crippen LogP contribution in [-0.4, -0.2) is 27.7 Å². The molecule has 0 spiro atoms. The zero-order valence-electron chi connectivity index (χ0n) is 11.8. The van der Waals surface area contributed by atoms with Gasteiger partial charge in [-0.25, -0.2) is 9.78 Å². The number of hydrogen-bond acceptors (Lipinski definition) is 3. The lowest BCUT2D eigenvalue weighted by Gasteiger charge is -2.08. The van der Waals surface area contributed by atoms with E-state index in [2.05, 4.69) is 25.9 Å². The average Bonchev–Trinajstić information content (AvgIpc) is 2.92. The number of benzene rings is 2. The fourth-order valence-corrected chi connectivity index (χ4v) is 2.60. The molecule has 0 unspecified atom stereocenters. The quantitative estimate of drug-likeness (QED) is 0.734. The third-order valence-corrected chi connectivity index (χ3v) is 3.72. The van der Waals surface area contributed by atoms with Crippen LogP contribution >= 0.6 is 15.9 Å². The molecule has 0 radical (unpaired) electrons. The molecule has 0 fully saturated rings. The number of nitrogens with zero attached hydrogens (tertiary/aromatic N) is 1. The molecule has 22 heavy (non-hydrogen) atoms. The third kappa shape index (κ3) is 2.69. The van der Waals surface area contributed by atoms with E-state index in [1.54, 1.807) is 18.2 Å². The van der Waals surface area contributed by atoms with E-state index in [0.717, 1.165) is 15.8 Å². The van der Waals surface area contributed by atoms with E-state index < -0.39 is 5.97 Å². The fraction of sp³-hybridized carbons (Fsp3) is 0.125. The Morgan fingerprint density at radius 3 is 2.86 bits per heavy atom. The minimum Gasteiger partial charge on any atom is -0.493 e. The van der Waals surface area contributed by atoms with Crippen molar-refractivity contribution in [2.24, 2.45) is 0 Å². The zero-order chi connectivity index (χ0) is 15.7. The van der Waals surface area contributed by atoms with E-state index in [1.807, 2.05) is 25.1 Å². The Morgan fingerprint density at radius 1 is 1.32 bits per heavy atom. The molecule has 0 aliphatic heterocycles. The topological polar surface area (TPSA) is 75.2 Å². The van der Waals surface area contributed by atoms with Crippen LogP contribution in [0.25, 0.3) is 22.4 Å². The summed E-state index contributed by atoms with van der Waals surface area (Å²) in [6.45, 7) is 2.47. The summed E-state index contributed by atoms with van der Waals surface area (Å²) in [5.41, 5.74) is 2.44. The largest absolute Gasteiger partial charge is 0.493 e. The first-order valence-corrected chi connectivity index (χ1v) is 7.53. The monoisotopic (exact) mass is 360 g/mol. The van der Waals surface area contributed by atoms with E-state index in [-0.39, 0.29) is 5.56 Å². The molecule has 0 atom stereocenters. The second-order valence-corrected chi connectivity index (χ2v) is 5.61. The molecule has 2 N–H and O–H groups in total. The minimum atomic E-state index is -0.962. The van der Waals surface area contributed by atoms with Gasteiger partial charge in [-0.05, 0) is 43.3 Å². The highest BCUT2D eigenvalue weighted by atomic mass is 79.9. The Bertz CT molecular complexity index is 858. The number of carbonyl (C=O) groups is 1. The summed E-state index contributed by atoms with van der Waals surface area (Å²) < 4.78 is 6.54. The predicted octanol–water partition coefficient (Wildman–Crippen LogP) is 4.09. The minimum absolute atomic E-state index is 0.224. The highest BCUT2D eigenvalue weighted by molar-refractivity contribution is 9.10. The zero-order valence-corrected chi connectivity index (χ0v) is 13.3. The molecular formula is C16H13BrN2O3. The number of hydrogen-bond donors (Lipinski definition) is 2. The summed E-state index contributed by atoms with van der Waals surface area (Å²) in [6, 6.07) is 10.5. The van der Waals surface area contributed by atoms with Crippen LogP contribution in [0.3, 0.4) is 0 Å². The number of nitrogens with one attached hydrogen (secondary N) is 1. The van der Waals surface area contributed by atoms with Gasteiger partial charge in [0.1, 0.15) is 11.6 Å². The molecule has 6 heteroatoms. The molecule has 3 aromatic rings. The van der Waals surface area contributed by atoms with Crippen LogP contribution in [0.4, 0.5) is 0 Å². The Morgan fingerprint density at radius 2 is 2.14 bits per heavy atom. The number of carboxylic acids is 1. The summed E-state index contributed by atoms with van der Waals surface area (Å²) in [4.78, 5) is 18.7. The van der Waals surface area contributed by atoms with Gasteiger partial charge in [0.25, 0.3) is 0 Å². The summed E-state index contributed by atoms with van der Waals surface area (Å²) in [5, 5.41) is 9.06. The van der Waals surface area contributed by atoms with Crippen molar-refractivity contribution < 1.29 is 14.6 Å². The SMILES string of the molecule is CCOc1ccc(Br)cc1-c1nc2ccc(C(=O)O)cc2[nH]1. The first-order chi connectivity index (χ1) is 10.6. The lowest BCUT2D eigenvalue weighted by molar-refractivity contribution is 0.0697. The van der Waals surface area contributed by atoms with E-state index >= 15 is 0 Å². The smallest absolute Gasteiger partial charge is 0.335 e. The molecule has 0 amide bonds. The lowest BCUT2D eigenvalue weighted by Crippen LogP contribution is -1.95. The van der Waals surface area contributed by atoms with Gasteiger partial charge in [0.2, 0.25) is 0 Å². The Balaban J connectivity index is 2.14. The highest BCUT2D eigenvalue weighted by Gasteiger charge is 2.13. The number of halogens is 1. The van der Waals surface area contributed by atoms with Crippen LogP contribution in [0.15, 0.2) is 40.9 Å².